The highest BCUT2D eigenvalue weighted by atomic mass is 16.5. The summed E-state index contributed by atoms with van der Waals surface area (Å²) < 4.78 is 5.27. The number of nitrogens with zero attached hydrogens (tertiary/aromatic N) is 1. The zero-order valence-corrected chi connectivity index (χ0v) is 9.15. The Morgan fingerprint density at radius 1 is 1.27 bits per heavy atom. The Morgan fingerprint density at radius 2 is 1.93 bits per heavy atom. The molecule has 0 atom stereocenters. The van der Waals surface area contributed by atoms with Crippen LogP contribution in [0.2, 0.25) is 0 Å². The van der Waals surface area contributed by atoms with Gasteiger partial charge in [-0.05, 0) is 25.7 Å². The van der Waals surface area contributed by atoms with Gasteiger partial charge in [0.25, 0.3) is 0 Å². The largest absolute Gasteiger partial charge is 0.381 e. The van der Waals surface area contributed by atoms with Crippen molar-refractivity contribution >= 4 is 5.91 Å². The van der Waals surface area contributed by atoms with Crippen LogP contribution >= 0.6 is 0 Å². The molecule has 2 rings (SSSR count). The topological polar surface area (TPSA) is 55.6 Å². The van der Waals surface area contributed by atoms with Crippen molar-refractivity contribution in [2.24, 2.45) is 11.7 Å². The average Bonchev–Trinajstić information content (AvgIpc) is 3.10. The van der Waals surface area contributed by atoms with E-state index in [0.29, 0.717) is 18.5 Å². The number of hydrogen-bond acceptors (Lipinski definition) is 3. The summed E-state index contributed by atoms with van der Waals surface area (Å²) in [5, 5.41) is 0. The summed E-state index contributed by atoms with van der Waals surface area (Å²) >= 11 is 0. The molecular formula is C11H20N2O2. The summed E-state index contributed by atoms with van der Waals surface area (Å²) in [4.78, 5) is 14.2. The molecule has 0 bridgehead atoms. The molecule has 0 aromatic heterocycles. The van der Waals surface area contributed by atoms with Gasteiger partial charge in [0.2, 0.25) is 5.91 Å². The Morgan fingerprint density at radius 3 is 2.47 bits per heavy atom. The second-order valence-electron chi connectivity index (χ2n) is 4.44. The van der Waals surface area contributed by atoms with Crippen molar-refractivity contribution in [2.45, 2.75) is 31.7 Å². The van der Waals surface area contributed by atoms with E-state index < -0.39 is 0 Å². The average molecular weight is 212 g/mol. The fraction of sp³-hybridized carbons (Fsp3) is 0.909. The molecule has 2 aliphatic rings. The highest BCUT2D eigenvalue weighted by Crippen LogP contribution is 2.29. The van der Waals surface area contributed by atoms with E-state index in [9.17, 15) is 4.79 Å². The highest BCUT2D eigenvalue weighted by Gasteiger charge is 2.35. The monoisotopic (exact) mass is 212 g/mol. The van der Waals surface area contributed by atoms with Crippen molar-refractivity contribution < 1.29 is 9.53 Å². The Balaban J connectivity index is 1.90. The first-order valence-electron chi connectivity index (χ1n) is 5.91. The Labute approximate surface area is 90.8 Å². The molecule has 1 heterocycles. The van der Waals surface area contributed by atoms with Crippen LogP contribution in [0, 0.1) is 5.92 Å². The van der Waals surface area contributed by atoms with Crippen molar-refractivity contribution in [1.29, 1.82) is 0 Å². The van der Waals surface area contributed by atoms with Crippen LogP contribution in [-0.2, 0) is 9.53 Å². The Hall–Kier alpha value is -0.610. The third-order valence-electron chi connectivity index (χ3n) is 3.21. The molecule has 1 aliphatic carbocycles. The zero-order chi connectivity index (χ0) is 10.7. The van der Waals surface area contributed by atoms with Gasteiger partial charge >= 0.3 is 0 Å². The highest BCUT2D eigenvalue weighted by molar-refractivity contribution is 5.79. The molecule has 2 fully saturated rings. The van der Waals surface area contributed by atoms with Gasteiger partial charge < -0.3 is 15.4 Å². The van der Waals surface area contributed by atoms with Crippen LogP contribution in [0.4, 0.5) is 0 Å². The number of nitrogens with two attached hydrogens (primary N) is 1. The van der Waals surface area contributed by atoms with E-state index in [1.165, 1.54) is 0 Å². The molecule has 1 aliphatic heterocycles. The van der Waals surface area contributed by atoms with E-state index in [4.69, 9.17) is 10.5 Å². The molecule has 1 saturated heterocycles. The SMILES string of the molecule is NCCN(C(=O)C1CCOCC1)C1CC1. The Kier molecular flexibility index (Phi) is 3.59. The molecule has 86 valence electrons. The zero-order valence-electron chi connectivity index (χ0n) is 9.15. The van der Waals surface area contributed by atoms with Crippen molar-refractivity contribution in [3.63, 3.8) is 0 Å². The van der Waals surface area contributed by atoms with E-state index in [-0.39, 0.29) is 5.92 Å². The van der Waals surface area contributed by atoms with E-state index >= 15 is 0 Å². The summed E-state index contributed by atoms with van der Waals surface area (Å²) in [6.45, 7) is 2.77. The number of rotatable bonds is 4. The second kappa shape index (κ2) is 4.94. The molecular weight excluding hydrogens is 192 g/mol. The molecule has 0 unspecified atom stereocenters. The van der Waals surface area contributed by atoms with Gasteiger partial charge in [0, 0.05) is 38.3 Å². The lowest BCUT2D eigenvalue weighted by atomic mass is 9.98. The van der Waals surface area contributed by atoms with Gasteiger partial charge in [-0.15, -0.1) is 0 Å². The van der Waals surface area contributed by atoms with Crippen LogP contribution < -0.4 is 5.73 Å². The van der Waals surface area contributed by atoms with Crippen molar-refractivity contribution in [3.8, 4) is 0 Å². The molecule has 0 radical (unpaired) electrons. The second-order valence-corrected chi connectivity index (χ2v) is 4.44. The summed E-state index contributed by atoms with van der Waals surface area (Å²) in [5.74, 6) is 0.497. The predicted molar refractivity (Wildman–Crippen MR) is 57.3 cm³/mol. The Bertz CT molecular complexity index is 223. The maximum atomic E-state index is 12.2. The molecule has 0 aromatic carbocycles. The first kappa shape index (κ1) is 10.9. The summed E-state index contributed by atoms with van der Waals surface area (Å²) in [5.41, 5.74) is 5.54. The summed E-state index contributed by atoms with van der Waals surface area (Å²) in [7, 11) is 0. The molecule has 15 heavy (non-hydrogen) atoms. The molecule has 0 aromatic rings. The molecule has 4 heteroatoms. The minimum absolute atomic E-state index is 0.186. The van der Waals surface area contributed by atoms with Crippen LogP contribution in [0.25, 0.3) is 0 Å². The number of amides is 1. The lowest BCUT2D eigenvalue weighted by molar-refractivity contribution is -0.139. The lowest BCUT2D eigenvalue weighted by Crippen LogP contribution is -2.42. The van der Waals surface area contributed by atoms with Gasteiger partial charge in [0.15, 0.2) is 0 Å². The number of hydrogen-bond donors (Lipinski definition) is 1. The quantitative estimate of drug-likeness (QED) is 0.732. The minimum atomic E-state index is 0.186. The van der Waals surface area contributed by atoms with E-state index in [1.54, 1.807) is 0 Å². The predicted octanol–water partition coefficient (Wildman–Crippen LogP) is 0.363. The van der Waals surface area contributed by atoms with E-state index in [1.807, 2.05) is 4.90 Å². The van der Waals surface area contributed by atoms with Crippen LogP contribution in [0.3, 0.4) is 0 Å². The fourth-order valence-electron chi connectivity index (χ4n) is 2.18. The number of ether oxygens (including phenoxy) is 1. The van der Waals surface area contributed by atoms with E-state index in [0.717, 1.165) is 45.4 Å². The van der Waals surface area contributed by atoms with Gasteiger partial charge in [-0.25, -0.2) is 0 Å². The number of carbonyl (C=O) groups is 1. The van der Waals surface area contributed by atoms with Crippen LogP contribution in [0.1, 0.15) is 25.7 Å². The van der Waals surface area contributed by atoms with Gasteiger partial charge in [0.1, 0.15) is 0 Å². The number of carbonyl (C=O) groups excluding carboxylic acids is 1. The van der Waals surface area contributed by atoms with Crippen molar-refractivity contribution in [3.05, 3.63) is 0 Å². The molecule has 4 nitrogen and oxygen atoms in total. The van der Waals surface area contributed by atoms with Gasteiger partial charge in [-0.3, -0.25) is 4.79 Å². The standard InChI is InChI=1S/C11H20N2O2/c12-5-6-13(10-1-2-10)11(14)9-3-7-15-8-4-9/h9-10H,1-8,12H2. The third-order valence-corrected chi connectivity index (χ3v) is 3.21. The maximum absolute atomic E-state index is 12.2. The molecule has 1 amide bonds. The first-order chi connectivity index (χ1) is 7.33. The molecule has 1 saturated carbocycles. The van der Waals surface area contributed by atoms with Crippen LogP contribution in [0.5, 0.6) is 0 Å². The van der Waals surface area contributed by atoms with Gasteiger partial charge in [-0.2, -0.15) is 0 Å². The summed E-state index contributed by atoms with van der Waals surface area (Å²) in [6, 6.07) is 0.490. The molecule has 2 N–H and O–H groups in total. The van der Waals surface area contributed by atoms with Crippen LogP contribution in [-0.4, -0.2) is 43.2 Å². The molecule has 0 spiro atoms. The maximum Gasteiger partial charge on any atom is 0.226 e. The van der Waals surface area contributed by atoms with Gasteiger partial charge in [-0.1, -0.05) is 0 Å². The minimum Gasteiger partial charge on any atom is -0.381 e. The third kappa shape index (κ3) is 2.69. The van der Waals surface area contributed by atoms with Crippen LogP contribution in [0.15, 0.2) is 0 Å². The lowest BCUT2D eigenvalue weighted by Gasteiger charge is -2.29. The normalized spacial score (nSPS) is 22.7. The fourth-order valence-corrected chi connectivity index (χ4v) is 2.18. The summed E-state index contributed by atoms with van der Waals surface area (Å²) in [6.07, 6.45) is 4.09. The first-order valence-corrected chi connectivity index (χ1v) is 5.91. The smallest absolute Gasteiger partial charge is 0.226 e. The van der Waals surface area contributed by atoms with Crippen molar-refractivity contribution in [1.82, 2.24) is 4.90 Å². The van der Waals surface area contributed by atoms with Crippen molar-refractivity contribution in [2.75, 3.05) is 26.3 Å². The van der Waals surface area contributed by atoms with E-state index in [2.05, 4.69) is 0 Å². The van der Waals surface area contributed by atoms with Gasteiger partial charge in [0.05, 0.1) is 0 Å².